The third-order valence-electron chi connectivity index (χ3n) is 8.46. The molecule has 1 saturated carbocycles. The van der Waals surface area contributed by atoms with Crippen molar-refractivity contribution in [2.75, 3.05) is 26.7 Å². The molecule has 3 amide bonds. The number of amides is 3. The molecule has 236 valence electrons. The third kappa shape index (κ3) is 10.7. The van der Waals surface area contributed by atoms with Crippen molar-refractivity contribution in [1.82, 2.24) is 15.5 Å². The van der Waals surface area contributed by atoms with Gasteiger partial charge >= 0.3 is 0 Å². The Morgan fingerprint density at radius 3 is 2.26 bits per heavy atom. The lowest BCUT2D eigenvalue weighted by molar-refractivity contribution is -0.125. The lowest BCUT2D eigenvalue weighted by Crippen LogP contribution is -2.50. The van der Waals surface area contributed by atoms with Gasteiger partial charge in [0, 0.05) is 48.8 Å². The van der Waals surface area contributed by atoms with Crippen LogP contribution in [-0.4, -0.2) is 61.4 Å². The fourth-order valence-corrected chi connectivity index (χ4v) is 5.90. The molecule has 0 heterocycles. The molecule has 3 atom stereocenters. The number of rotatable bonds is 16. The first-order valence-corrected chi connectivity index (χ1v) is 16.1. The van der Waals surface area contributed by atoms with Crippen molar-refractivity contribution in [2.24, 2.45) is 17.6 Å². The first-order chi connectivity index (χ1) is 20.7. The first-order valence-electron chi connectivity index (χ1n) is 16.1. The maximum absolute atomic E-state index is 13.6. The van der Waals surface area contributed by atoms with E-state index in [4.69, 9.17) is 10.5 Å². The Morgan fingerprint density at radius 2 is 1.63 bits per heavy atom. The Balaban J connectivity index is 1.72. The van der Waals surface area contributed by atoms with Gasteiger partial charge in [-0.2, -0.15) is 0 Å². The number of nitrogens with zero attached hydrogens (tertiary/aromatic N) is 1. The Kier molecular flexibility index (Phi) is 14.0. The molecule has 1 aliphatic carbocycles. The highest BCUT2D eigenvalue weighted by atomic mass is 16.5. The number of carbonyl (C=O) groups excluding carboxylic acids is 3. The number of hydrogen-bond acceptors (Lipinski definition) is 5. The summed E-state index contributed by atoms with van der Waals surface area (Å²) >= 11 is 0. The fourth-order valence-electron chi connectivity index (χ4n) is 5.90. The number of benzene rings is 2. The third-order valence-corrected chi connectivity index (χ3v) is 8.46. The highest BCUT2D eigenvalue weighted by Gasteiger charge is 2.27. The number of methoxy groups -OCH3 is 1. The quantitative estimate of drug-likeness (QED) is 0.243. The molecular weight excluding hydrogens is 540 g/mol. The zero-order valence-electron chi connectivity index (χ0n) is 26.6. The summed E-state index contributed by atoms with van der Waals surface area (Å²) in [5.41, 5.74) is 8.63. The van der Waals surface area contributed by atoms with Crippen LogP contribution < -0.4 is 21.1 Å². The number of nitrogens with one attached hydrogen (secondary N) is 2. The van der Waals surface area contributed by atoms with Crippen LogP contribution in [0.2, 0.25) is 0 Å². The number of nitrogens with two attached hydrogens (primary N) is 1. The Hall–Kier alpha value is -3.39. The van der Waals surface area contributed by atoms with Gasteiger partial charge in [0.05, 0.1) is 7.11 Å². The van der Waals surface area contributed by atoms with Gasteiger partial charge in [0.25, 0.3) is 11.8 Å². The molecule has 0 saturated heterocycles. The molecule has 0 aliphatic heterocycles. The summed E-state index contributed by atoms with van der Waals surface area (Å²) in [6.07, 6.45) is 8.76. The lowest BCUT2D eigenvalue weighted by Gasteiger charge is -2.28. The number of hydrogen-bond donors (Lipinski definition) is 3. The predicted octanol–water partition coefficient (Wildman–Crippen LogP) is 5.35. The topological polar surface area (TPSA) is 114 Å². The zero-order chi connectivity index (χ0) is 31.2. The largest absolute Gasteiger partial charge is 0.497 e. The zero-order valence-corrected chi connectivity index (χ0v) is 26.6. The Labute approximate surface area is 258 Å². The summed E-state index contributed by atoms with van der Waals surface area (Å²) in [7, 11) is 1.62. The maximum Gasteiger partial charge on any atom is 0.253 e. The molecule has 8 nitrogen and oxygen atoms in total. The summed E-state index contributed by atoms with van der Waals surface area (Å²) in [5.74, 6) is 0.648. The predicted molar refractivity (Wildman–Crippen MR) is 172 cm³/mol. The van der Waals surface area contributed by atoms with E-state index in [0.29, 0.717) is 49.5 Å². The second-order valence-corrected chi connectivity index (χ2v) is 12.1. The van der Waals surface area contributed by atoms with E-state index in [1.165, 1.54) is 32.1 Å². The van der Waals surface area contributed by atoms with Gasteiger partial charge in [-0.05, 0) is 80.3 Å². The van der Waals surface area contributed by atoms with Crippen LogP contribution in [0.15, 0.2) is 48.5 Å². The fraction of sp³-hybridized carbons (Fsp3) is 0.571. The van der Waals surface area contributed by atoms with Crippen molar-refractivity contribution in [1.29, 1.82) is 0 Å². The van der Waals surface area contributed by atoms with E-state index in [2.05, 4.69) is 10.6 Å². The van der Waals surface area contributed by atoms with Gasteiger partial charge in [-0.3, -0.25) is 14.4 Å². The molecule has 0 bridgehead atoms. The second kappa shape index (κ2) is 17.7. The van der Waals surface area contributed by atoms with Crippen LogP contribution in [0, 0.1) is 11.8 Å². The van der Waals surface area contributed by atoms with Crippen molar-refractivity contribution < 1.29 is 19.1 Å². The van der Waals surface area contributed by atoms with Crippen LogP contribution in [0.1, 0.15) is 98.4 Å². The second-order valence-electron chi connectivity index (χ2n) is 12.1. The van der Waals surface area contributed by atoms with Crippen LogP contribution >= 0.6 is 0 Å². The van der Waals surface area contributed by atoms with E-state index >= 15 is 0 Å². The van der Waals surface area contributed by atoms with Gasteiger partial charge in [-0.25, -0.2) is 0 Å². The van der Waals surface area contributed by atoms with Crippen molar-refractivity contribution in [2.45, 2.75) is 90.6 Å². The van der Waals surface area contributed by atoms with E-state index in [1.54, 1.807) is 31.4 Å². The standard InChI is InChI=1S/C35H52N4O4/c1-5-19-39(20-6-2)35(42)29-14-10-13-28(23-29)34(41)38-32(22-26-15-17-30(43-4)18-16-26)31(36)21-25(3)33(40)37-24-27-11-8-7-9-12-27/h10,13-18,23,25,27,31-32H,5-9,11-12,19-22,24,36H2,1-4H3,(H,37,40)(H,38,41)/t25-,31+,32+/m1/s1. The van der Waals surface area contributed by atoms with Crippen molar-refractivity contribution in [3.05, 3.63) is 65.2 Å². The molecule has 1 fully saturated rings. The average molecular weight is 593 g/mol. The molecule has 8 heteroatoms. The molecule has 2 aromatic carbocycles. The normalized spacial score (nSPS) is 15.7. The van der Waals surface area contributed by atoms with Crippen LogP contribution in [0.4, 0.5) is 0 Å². The van der Waals surface area contributed by atoms with Crippen molar-refractivity contribution in [3.8, 4) is 5.75 Å². The van der Waals surface area contributed by atoms with Crippen LogP contribution in [-0.2, 0) is 11.2 Å². The summed E-state index contributed by atoms with van der Waals surface area (Å²) < 4.78 is 5.30. The monoisotopic (exact) mass is 592 g/mol. The minimum absolute atomic E-state index is 0.00507. The first kappa shape index (κ1) is 34.1. The van der Waals surface area contributed by atoms with Crippen LogP contribution in [0.5, 0.6) is 5.75 Å². The minimum Gasteiger partial charge on any atom is -0.497 e. The highest BCUT2D eigenvalue weighted by molar-refractivity contribution is 5.99. The van der Waals surface area contributed by atoms with Gasteiger partial charge in [-0.15, -0.1) is 0 Å². The van der Waals surface area contributed by atoms with E-state index in [0.717, 1.165) is 24.2 Å². The van der Waals surface area contributed by atoms with Gasteiger partial charge < -0.3 is 26.0 Å². The van der Waals surface area contributed by atoms with Crippen molar-refractivity contribution >= 4 is 17.7 Å². The molecule has 0 aromatic heterocycles. The van der Waals surface area contributed by atoms with Crippen LogP contribution in [0.25, 0.3) is 0 Å². The summed E-state index contributed by atoms with van der Waals surface area (Å²) in [5, 5.41) is 6.27. The SMILES string of the molecule is CCCN(CCC)C(=O)c1cccc(C(=O)N[C@@H](Cc2ccc(OC)cc2)[C@@H](N)C[C@@H](C)C(=O)NCC2CCCCC2)c1. The molecule has 4 N–H and O–H groups in total. The van der Waals surface area contributed by atoms with Crippen LogP contribution in [0.3, 0.4) is 0 Å². The van der Waals surface area contributed by atoms with Gasteiger partial charge in [0.1, 0.15) is 5.75 Å². The Bertz CT molecular complexity index is 1160. The molecule has 1 aliphatic rings. The molecule has 0 spiro atoms. The number of carbonyl (C=O) groups is 3. The molecular formula is C35H52N4O4. The van der Waals surface area contributed by atoms with Gasteiger partial charge in [-0.1, -0.05) is 58.2 Å². The van der Waals surface area contributed by atoms with E-state index in [9.17, 15) is 14.4 Å². The van der Waals surface area contributed by atoms with E-state index in [1.807, 2.05) is 49.9 Å². The average Bonchev–Trinajstić information content (AvgIpc) is 3.03. The summed E-state index contributed by atoms with van der Waals surface area (Å²) in [6.45, 7) is 8.06. The van der Waals surface area contributed by atoms with Gasteiger partial charge in [0.15, 0.2) is 0 Å². The minimum atomic E-state index is -0.462. The number of ether oxygens (including phenoxy) is 1. The summed E-state index contributed by atoms with van der Waals surface area (Å²) in [4.78, 5) is 41.5. The lowest BCUT2D eigenvalue weighted by atomic mass is 9.89. The molecule has 2 aromatic rings. The molecule has 3 rings (SSSR count). The summed E-state index contributed by atoms with van der Waals surface area (Å²) in [6, 6.07) is 13.7. The van der Waals surface area contributed by atoms with Gasteiger partial charge in [0.2, 0.25) is 5.91 Å². The molecule has 0 radical (unpaired) electrons. The van der Waals surface area contributed by atoms with E-state index < -0.39 is 12.1 Å². The molecule has 43 heavy (non-hydrogen) atoms. The van der Waals surface area contributed by atoms with E-state index in [-0.39, 0.29) is 23.6 Å². The molecule has 0 unspecified atom stereocenters. The smallest absolute Gasteiger partial charge is 0.253 e. The Morgan fingerprint density at radius 1 is 0.977 bits per heavy atom. The maximum atomic E-state index is 13.6. The highest BCUT2D eigenvalue weighted by Crippen LogP contribution is 2.23. The van der Waals surface area contributed by atoms with Crippen molar-refractivity contribution in [3.63, 3.8) is 0 Å².